The van der Waals surface area contributed by atoms with Crippen molar-refractivity contribution in [2.45, 2.75) is 19.5 Å². The van der Waals surface area contributed by atoms with E-state index in [1.165, 1.54) is 10.4 Å². The van der Waals surface area contributed by atoms with Gasteiger partial charge in [-0.3, -0.25) is 4.79 Å². The molecule has 4 nitrogen and oxygen atoms in total. The number of rotatable bonds is 5. The highest BCUT2D eigenvalue weighted by Gasteiger charge is 2.23. The lowest BCUT2D eigenvalue weighted by molar-refractivity contribution is 0.292. The van der Waals surface area contributed by atoms with E-state index in [1.54, 1.807) is 11.3 Å². The first kappa shape index (κ1) is 16.3. The minimum absolute atomic E-state index is 0.0751. The summed E-state index contributed by atoms with van der Waals surface area (Å²) in [6.45, 7) is 1.99. The molecule has 0 atom stereocenters. The molecule has 0 saturated carbocycles. The molecule has 128 valence electrons. The summed E-state index contributed by atoms with van der Waals surface area (Å²) in [5.74, 6) is 0. The minimum Gasteiger partial charge on any atom is -0.395 e. The van der Waals surface area contributed by atoms with Crippen LogP contribution in [0, 0.1) is 0 Å². The lowest BCUT2D eigenvalue weighted by atomic mass is 9.98. The largest absolute Gasteiger partial charge is 0.395 e. The summed E-state index contributed by atoms with van der Waals surface area (Å²) in [4.78, 5) is 14.3. The molecule has 0 spiro atoms. The molecule has 5 heteroatoms. The van der Waals surface area contributed by atoms with Crippen LogP contribution in [0.1, 0.15) is 11.1 Å². The Balaban J connectivity index is 1.90. The molecule has 0 radical (unpaired) electrons. The fourth-order valence-electron chi connectivity index (χ4n) is 3.44. The number of aliphatic hydroxyl groups excluding tert-OH is 1. The Labute approximate surface area is 150 Å². The van der Waals surface area contributed by atoms with Gasteiger partial charge in [-0.2, -0.15) is 0 Å². The third-order valence-electron chi connectivity index (χ3n) is 4.62. The highest BCUT2D eigenvalue weighted by atomic mass is 32.1. The molecule has 25 heavy (non-hydrogen) atoms. The highest BCUT2D eigenvalue weighted by Crippen LogP contribution is 2.36. The Kier molecular flexibility index (Phi) is 4.53. The van der Waals surface area contributed by atoms with Crippen molar-refractivity contribution in [1.82, 2.24) is 9.88 Å². The van der Waals surface area contributed by atoms with Crippen LogP contribution in [0.15, 0.2) is 52.6 Å². The van der Waals surface area contributed by atoms with E-state index in [0.717, 1.165) is 28.8 Å². The van der Waals surface area contributed by atoms with Crippen LogP contribution < -0.4 is 10.9 Å². The second kappa shape index (κ2) is 6.96. The van der Waals surface area contributed by atoms with Crippen molar-refractivity contribution >= 4 is 11.3 Å². The van der Waals surface area contributed by atoms with Crippen LogP contribution in [0.25, 0.3) is 21.7 Å². The lowest BCUT2D eigenvalue weighted by Crippen LogP contribution is -2.29. The molecule has 0 unspecified atom stereocenters. The van der Waals surface area contributed by atoms with Gasteiger partial charge in [-0.15, -0.1) is 11.3 Å². The van der Waals surface area contributed by atoms with E-state index in [9.17, 15) is 4.79 Å². The van der Waals surface area contributed by atoms with E-state index in [2.05, 4.69) is 16.8 Å². The van der Waals surface area contributed by atoms with Gasteiger partial charge in [0.2, 0.25) is 0 Å². The number of aromatic nitrogens is 1. The monoisotopic (exact) mass is 352 g/mol. The van der Waals surface area contributed by atoms with Crippen LogP contribution in [-0.2, 0) is 19.5 Å². The zero-order valence-electron chi connectivity index (χ0n) is 13.9. The predicted molar refractivity (Wildman–Crippen MR) is 102 cm³/mol. The number of aryl methyl sites for hydroxylation is 1. The molecule has 1 aromatic carbocycles. The van der Waals surface area contributed by atoms with Gasteiger partial charge in [-0.1, -0.05) is 30.3 Å². The number of fused-ring (bicyclic) bond motifs is 3. The number of thiophene rings is 1. The predicted octanol–water partition coefficient (Wildman–Crippen LogP) is 2.88. The Morgan fingerprint density at radius 1 is 1.20 bits per heavy atom. The van der Waals surface area contributed by atoms with Crippen LogP contribution in [0.4, 0.5) is 0 Å². The quantitative estimate of drug-likeness (QED) is 0.694. The van der Waals surface area contributed by atoms with Gasteiger partial charge >= 0.3 is 0 Å². The summed E-state index contributed by atoms with van der Waals surface area (Å²) in [7, 11) is 0. The van der Waals surface area contributed by atoms with E-state index >= 15 is 0 Å². The van der Waals surface area contributed by atoms with Crippen molar-refractivity contribution in [3.63, 3.8) is 0 Å². The molecule has 0 amide bonds. The Morgan fingerprint density at radius 3 is 2.84 bits per heavy atom. The number of nitrogens with one attached hydrogen (secondary N) is 1. The first-order chi connectivity index (χ1) is 12.3. The molecule has 2 aromatic heterocycles. The van der Waals surface area contributed by atoms with Gasteiger partial charge in [-0.25, -0.2) is 0 Å². The van der Waals surface area contributed by atoms with Crippen molar-refractivity contribution in [1.29, 1.82) is 0 Å². The van der Waals surface area contributed by atoms with E-state index in [1.807, 2.05) is 41.0 Å². The second-order valence-electron chi connectivity index (χ2n) is 6.18. The second-order valence-corrected chi connectivity index (χ2v) is 7.10. The maximum Gasteiger partial charge on any atom is 0.258 e. The Hall–Kier alpha value is -2.21. The van der Waals surface area contributed by atoms with Gasteiger partial charge in [0.15, 0.2) is 0 Å². The van der Waals surface area contributed by atoms with Gasteiger partial charge in [-0.05, 0) is 40.6 Å². The fourth-order valence-corrected chi connectivity index (χ4v) is 4.48. The first-order valence-corrected chi connectivity index (χ1v) is 9.38. The summed E-state index contributed by atoms with van der Waals surface area (Å²) in [5.41, 5.74) is 5.22. The molecular formula is C20H20N2O2S. The molecule has 3 aromatic rings. The van der Waals surface area contributed by atoms with Crippen LogP contribution in [-0.4, -0.2) is 22.8 Å². The van der Waals surface area contributed by atoms with E-state index in [4.69, 9.17) is 5.11 Å². The first-order valence-electron chi connectivity index (χ1n) is 8.50. The fraction of sp³-hybridized carbons (Fsp3) is 0.250. The van der Waals surface area contributed by atoms with Gasteiger partial charge in [0.25, 0.3) is 5.56 Å². The Morgan fingerprint density at radius 2 is 2.04 bits per heavy atom. The Bertz CT molecular complexity index is 944. The summed E-state index contributed by atoms with van der Waals surface area (Å²) in [6, 6.07) is 14.0. The van der Waals surface area contributed by atoms with Crippen LogP contribution >= 0.6 is 11.3 Å². The van der Waals surface area contributed by atoms with Crippen molar-refractivity contribution in [2.75, 3.05) is 13.2 Å². The average Bonchev–Trinajstić information content (AvgIpc) is 3.13. The molecule has 0 bridgehead atoms. The van der Waals surface area contributed by atoms with Crippen LogP contribution in [0.5, 0.6) is 0 Å². The number of aliphatic hydroxyl groups is 1. The third-order valence-corrected chi connectivity index (χ3v) is 5.59. The molecule has 2 N–H and O–H groups in total. The molecule has 1 aliphatic rings. The SMILES string of the molecule is O=c1c(-c2ccccc2)cc(CNCCO)c2n1CCc1ccsc1-2. The normalized spacial score (nSPS) is 12.7. The van der Waals surface area contributed by atoms with Gasteiger partial charge < -0.3 is 15.0 Å². The summed E-state index contributed by atoms with van der Waals surface area (Å²) < 4.78 is 1.93. The minimum atomic E-state index is 0.0751. The van der Waals surface area contributed by atoms with Crippen molar-refractivity contribution in [3.8, 4) is 21.7 Å². The molecule has 0 fully saturated rings. The van der Waals surface area contributed by atoms with Gasteiger partial charge in [0.05, 0.1) is 17.2 Å². The van der Waals surface area contributed by atoms with Crippen molar-refractivity contribution < 1.29 is 5.11 Å². The standard InChI is InChI=1S/C20H20N2O2S/c23-10-8-21-13-16-12-17(14-4-2-1-3-5-14)20(24)22-9-6-15-7-11-25-19(15)18(16)22/h1-5,7,11-12,21,23H,6,8-10,13H2. The smallest absolute Gasteiger partial charge is 0.258 e. The highest BCUT2D eigenvalue weighted by molar-refractivity contribution is 7.13. The van der Waals surface area contributed by atoms with E-state index in [-0.39, 0.29) is 12.2 Å². The van der Waals surface area contributed by atoms with E-state index in [0.29, 0.717) is 19.6 Å². The molecule has 0 saturated heterocycles. The maximum absolute atomic E-state index is 13.1. The molecule has 1 aliphatic heterocycles. The number of hydrogen-bond acceptors (Lipinski definition) is 4. The molecule has 0 aliphatic carbocycles. The molecule has 4 rings (SSSR count). The zero-order valence-corrected chi connectivity index (χ0v) is 14.7. The van der Waals surface area contributed by atoms with Crippen LogP contribution in [0.3, 0.4) is 0 Å². The van der Waals surface area contributed by atoms with Gasteiger partial charge in [0.1, 0.15) is 0 Å². The number of hydrogen-bond donors (Lipinski definition) is 2. The number of benzene rings is 1. The van der Waals surface area contributed by atoms with E-state index < -0.39 is 0 Å². The molecular weight excluding hydrogens is 332 g/mol. The third kappa shape index (κ3) is 2.95. The lowest BCUT2D eigenvalue weighted by Gasteiger charge is -2.23. The van der Waals surface area contributed by atoms with Crippen molar-refractivity contribution in [2.24, 2.45) is 0 Å². The maximum atomic E-state index is 13.1. The summed E-state index contributed by atoms with van der Waals surface area (Å²) >= 11 is 1.69. The van der Waals surface area contributed by atoms with Crippen molar-refractivity contribution in [3.05, 3.63) is 69.3 Å². The average molecular weight is 352 g/mol. The topological polar surface area (TPSA) is 54.3 Å². The number of pyridine rings is 1. The summed E-state index contributed by atoms with van der Waals surface area (Å²) in [5, 5.41) is 14.4. The van der Waals surface area contributed by atoms with Crippen LogP contribution in [0.2, 0.25) is 0 Å². The molecule has 3 heterocycles. The summed E-state index contributed by atoms with van der Waals surface area (Å²) in [6.07, 6.45) is 0.896. The van der Waals surface area contributed by atoms with Gasteiger partial charge in [0, 0.05) is 25.2 Å². The zero-order chi connectivity index (χ0) is 17.2. The number of nitrogens with zero attached hydrogens (tertiary/aromatic N) is 1.